The molecular weight excluding hydrogens is 1170 g/mol. The zero-order chi connectivity index (χ0) is 55.0. The van der Waals surface area contributed by atoms with Crippen LogP contribution < -0.4 is 4.40 Å². The van der Waals surface area contributed by atoms with E-state index in [0.29, 0.717) is 5.39 Å². The number of rotatable bonds is 8. The first kappa shape index (κ1) is 47.0. The van der Waals surface area contributed by atoms with Gasteiger partial charge in [0.2, 0.25) is 0 Å². The van der Waals surface area contributed by atoms with Gasteiger partial charge >= 0.3 is 173 Å². The van der Waals surface area contributed by atoms with Crippen LogP contribution >= 0.6 is 11.3 Å². The number of aryl methyl sites for hydroxylation is 5. The van der Waals surface area contributed by atoms with Crippen LogP contribution in [0.3, 0.4) is 0 Å². The standard InChI is InChI=1S/C43H30FN2S.C25H30GeN.Ir/c1-24-20-29(28-12-6-5-7-13-28)21-25(2)41(24)46-38-23-34-27(4)26(3)30-14-8-9-15-31(30)35(34)22-37(38)45-43(46)33-18-19-36(44)40-32-16-10-11-17-39(32)47-42(33)40;1-18-12-14-22(15-13-18)25-16-23(24(17-27-25)26(4,5)6)20(3)19(2)21-10-8-7-9-11-21;/h5-17,19-23H,1-4H3;7-14,16-17,19-20H,1-6H3;/q2*-1;/i;1D3,20D;. The van der Waals surface area contributed by atoms with E-state index in [2.05, 4.69) is 160 Å². The number of fused-ring (bicyclic) bond motifs is 7. The maximum atomic E-state index is 15.6. The first-order chi connectivity index (χ1) is 37.2. The summed E-state index contributed by atoms with van der Waals surface area (Å²) in [6, 6.07) is 61.3. The number of benzene rings is 9. The minimum atomic E-state index is -2.31. The van der Waals surface area contributed by atoms with E-state index in [1.54, 1.807) is 23.5 Å². The van der Waals surface area contributed by atoms with Crippen molar-refractivity contribution in [1.29, 1.82) is 0 Å². The van der Waals surface area contributed by atoms with Gasteiger partial charge in [-0.15, -0.1) is 12.1 Å². The van der Waals surface area contributed by atoms with Crippen LogP contribution in [-0.4, -0.2) is 27.8 Å². The molecule has 12 aromatic rings. The number of nitrogens with zero attached hydrogens (tertiary/aromatic N) is 3. The van der Waals surface area contributed by atoms with Gasteiger partial charge in [-0.05, 0) is 128 Å². The molecule has 375 valence electrons. The molecule has 0 bridgehead atoms. The molecule has 2 unspecified atom stereocenters. The van der Waals surface area contributed by atoms with Gasteiger partial charge in [-0.25, -0.2) is 0 Å². The summed E-state index contributed by atoms with van der Waals surface area (Å²) in [5.74, 6) is 6.62. The Labute approximate surface area is 466 Å². The minimum absolute atomic E-state index is 0. The molecule has 75 heavy (non-hydrogen) atoms. The fourth-order valence-electron chi connectivity index (χ4n) is 10.8. The fourth-order valence-corrected chi connectivity index (χ4v) is 15.3. The second kappa shape index (κ2) is 20.9. The smallest absolute Gasteiger partial charge is 0 e. The third-order valence-corrected chi connectivity index (χ3v) is 20.4. The molecule has 1 radical (unpaired) electrons. The summed E-state index contributed by atoms with van der Waals surface area (Å²) in [5.41, 5.74) is 14.9. The van der Waals surface area contributed by atoms with E-state index in [1.807, 2.05) is 61.7 Å². The van der Waals surface area contributed by atoms with Crippen molar-refractivity contribution < 1.29 is 30.0 Å². The molecule has 0 aliphatic rings. The number of hydrogen-bond donors (Lipinski definition) is 0. The maximum Gasteiger partial charge on any atom is 0 e. The van der Waals surface area contributed by atoms with Crippen LogP contribution in [0.1, 0.15) is 70.1 Å². The van der Waals surface area contributed by atoms with Gasteiger partial charge in [-0.1, -0.05) is 78.4 Å². The van der Waals surface area contributed by atoms with Crippen LogP contribution in [0.2, 0.25) is 17.3 Å². The van der Waals surface area contributed by atoms with E-state index >= 15 is 4.39 Å². The van der Waals surface area contributed by atoms with Crippen molar-refractivity contribution in [2.45, 2.75) is 77.5 Å². The van der Waals surface area contributed by atoms with E-state index in [-0.39, 0.29) is 37.4 Å². The Kier molecular flexibility index (Phi) is 13.1. The molecule has 3 nitrogen and oxygen atoms in total. The van der Waals surface area contributed by atoms with Crippen molar-refractivity contribution in [2.75, 3.05) is 0 Å². The molecule has 0 aliphatic heterocycles. The van der Waals surface area contributed by atoms with Crippen molar-refractivity contribution in [3.8, 4) is 39.5 Å². The van der Waals surface area contributed by atoms with Crippen LogP contribution in [0, 0.1) is 52.5 Å². The zero-order valence-electron chi connectivity index (χ0n) is 47.7. The molecule has 0 saturated heterocycles. The van der Waals surface area contributed by atoms with Gasteiger partial charge in [0.25, 0.3) is 0 Å². The largest absolute Gasteiger partial charge is 0 e. The third kappa shape index (κ3) is 9.61. The molecule has 0 fully saturated rings. The molecule has 12 rings (SSSR count). The van der Waals surface area contributed by atoms with Crippen LogP contribution in [0.5, 0.6) is 0 Å². The van der Waals surface area contributed by atoms with Gasteiger partial charge in [0.05, 0.1) is 16.9 Å². The molecule has 0 saturated carbocycles. The van der Waals surface area contributed by atoms with Gasteiger partial charge in [0, 0.05) is 36.3 Å². The Balaban J connectivity index is 0.000000192. The molecule has 3 aromatic heterocycles. The summed E-state index contributed by atoms with van der Waals surface area (Å²) < 4.78 is 53.1. The normalized spacial score (nSPS) is 13.9. The number of aromatic nitrogens is 3. The Hall–Kier alpha value is -6.54. The molecule has 0 aliphatic carbocycles. The predicted octanol–water partition coefficient (Wildman–Crippen LogP) is 18.5. The molecule has 3 heterocycles. The molecule has 0 N–H and O–H groups in total. The second-order valence-electron chi connectivity index (χ2n) is 20.8. The topological polar surface area (TPSA) is 30.7 Å². The second-order valence-corrected chi connectivity index (χ2v) is 32.4. The van der Waals surface area contributed by atoms with Gasteiger partial charge in [-0.3, -0.25) is 9.37 Å². The fraction of sp³-hybridized carbons (Fsp3) is 0.176. The summed E-state index contributed by atoms with van der Waals surface area (Å²) in [4.78, 5) is 10.1. The van der Waals surface area contributed by atoms with E-state index in [9.17, 15) is 1.37 Å². The number of thiophene rings is 1. The zero-order valence-corrected chi connectivity index (χ0v) is 49.0. The van der Waals surface area contributed by atoms with Crippen LogP contribution in [0.4, 0.5) is 4.39 Å². The summed E-state index contributed by atoms with van der Waals surface area (Å²) in [5, 5.41) is 6.45. The number of hydrogen-bond acceptors (Lipinski definition) is 3. The summed E-state index contributed by atoms with van der Waals surface area (Å²) in [6.07, 6.45) is 1.95. The Bertz CT molecular complexity index is 4260. The van der Waals surface area contributed by atoms with Gasteiger partial charge in [0.15, 0.2) is 0 Å². The van der Waals surface area contributed by atoms with E-state index in [4.69, 9.17) is 14.1 Å². The third-order valence-electron chi connectivity index (χ3n) is 15.0. The summed E-state index contributed by atoms with van der Waals surface area (Å²) >= 11 is -0.711. The Morgan fingerprint density at radius 3 is 2.01 bits per heavy atom. The summed E-state index contributed by atoms with van der Waals surface area (Å²) in [6.45, 7) is 10.7. The van der Waals surface area contributed by atoms with Crippen LogP contribution in [0.25, 0.3) is 92.2 Å². The van der Waals surface area contributed by atoms with Gasteiger partial charge in [-0.2, -0.15) is 11.3 Å². The van der Waals surface area contributed by atoms with Gasteiger partial charge in [0.1, 0.15) is 0 Å². The maximum absolute atomic E-state index is 15.6. The van der Waals surface area contributed by atoms with E-state index in [1.165, 1.54) is 60.3 Å². The van der Waals surface area contributed by atoms with Crippen molar-refractivity contribution in [2.24, 2.45) is 0 Å². The predicted molar refractivity (Wildman–Crippen MR) is 317 cm³/mol. The SMILES string of the molecule is Cc1cc(-c2ccccc2)cc(C)c1-n1c(-c2[c-]cc(F)c3c2sc2ccccc23)nc2cc3c(cc21)c(C)c(C)c1ccccc13.[2H]C([2H])([2H])c1c[c-]c(-c2cc(C([2H])(C)C(C)c3ccccc3)[c]([Ge]([CH3])([CH3])[CH3])cn2)cc1.[Ir]. The van der Waals surface area contributed by atoms with Crippen molar-refractivity contribution in [1.82, 2.24) is 14.5 Å². The monoisotopic (exact) mass is 1240 g/mol. The first-order valence-electron chi connectivity index (χ1n) is 27.3. The number of imidazole rings is 1. The average Bonchev–Trinajstić information content (AvgIpc) is 4.24. The quantitative estimate of drug-likeness (QED) is 0.0862. The molecule has 2 atom stereocenters. The average molecular weight is 1240 g/mol. The Morgan fingerprint density at radius 1 is 0.680 bits per heavy atom. The van der Waals surface area contributed by atoms with Crippen molar-refractivity contribution in [3.05, 3.63) is 227 Å². The first-order valence-corrected chi connectivity index (χ1v) is 33.5. The minimum Gasteiger partial charge on any atom is 0 e. The number of halogens is 1. The molecule has 9 aromatic carbocycles. The number of pyridine rings is 1. The molecule has 7 heteroatoms. The molecule has 0 spiro atoms. The van der Waals surface area contributed by atoms with Crippen molar-refractivity contribution >= 4 is 81.7 Å². The van der Waals surface area contributed by atoms with E-state index in [0.717, 1.165) is 76.4 Å². The molecular formula is C68H60FGeIrN3S-2. The van der Waals surface area contributed by atoms with Crippen LogP contribution in [-0.2, 0) is 20.1 Å². The van der Waals surface area contributed by atoms with E-state index < -0.39 is 26.0 Å². The van der Waals surface area contributed by atoms with Gasteiger partial charge < -0.3 is 4.57 Å². The molecule has 0 amide bonds. The van der Waals surface area contributed by atoms with Crippen LogP contribution in [0.15, 0.2) is 170 Å². The Morgan fingerprint density at radius 2 is 1.33 bits per heavy atom. The van der Waals surface area contributed by atoms with Crippen molar-refractivity contribution in [3.63, 3.8) is 0 Å². The summed E-state index contributed by atoms with van der Waals surface area (Å²) in [7, 11) is 0.